The molecule has 0 bridgehead atoms. The van der Waals surface area contributed by atoms with Crippen LogP contribution in [0.4, 0.5) is 0 Å². The van der Waals surface area contributed by atoms with Gasteiger partial charge >= 0.3 is 0 Å². The molecule has 1 saturated carbocycles. The molecule has 0 amide bonds. The SMILES string of the molecule is CC(C)C1CCC(O)C(CN(C)C2CCCN(C)C2)C1. The average molecular weight is 282 g/mol. The highest BCUT2D eigenvalue weighted by molar-refractivity contribution is 4.85. The maximum atomic E-state index is 10.3. The molecule has 0 aromatic rings. The van der Waals surface area contributed by atoms with E-state index in [-0.39, 0.29) is 6.10 Å². The lowest BCUT2D eigenvalue weighted by Gasteiger charge is -2.41. The van der Waals surface area contributed by atoms with Gasteiger partial charge in [-0.2, -0.15) is 0 Å². The molecule has 1 aliphatic heterocycles. The summed E-state index contributed by atoms with van der Waals surface area (Å²) in [4.78, 5) is 4.96. The highest BCUT2D eigenvalue weighted by atomic mass is 16.3. The van der Waals surface area contributed by atoms with Crippen LogP contribution in [0.15, 0.2) is 0 Å². The van der Waals surface area contributed by atoms with Gasteiger partial charge in [-0.25, -0.2) is 0 Å². The molecule has 3 nitrogen and oxygen atoms in total. The molecule has 20 heavy (non-hydrogen) atoms. The Kier molecular flexibility index (Phi) is 5.88. The maximum absolute atomic E-state index is 10.3. The van der Waals surface area contributed by atoms with Gasteiger partial charge in [-0.1, -0.05) is 13.8 Å². The fourth-order valence-electron chi connectivity index (χ4n) is 4.10. The Hall–Kier alpha value is -0.120. The van der Waals surface area contributed by atoms with Crippen LogP contribution in [-0.4, -0.2) is 60.8 Å². The molecule has 2 aliphatic rings. The van der Waals surface area contributed by atoms with Crippen LogP contribution in [0.5, 0.6) is 0 Å². The molecule has 0 aromatic carbocycles. The van der Waals surface area contributed by atoms with Crippen molar-refractivity contribution in [2.24, 2.45) is 17.8 Å². The van der Waals surface area contributed by atoms with Gasteiger partial charge in [0.25, 0.3) is 0 Å². The van der Waals surface area contributed by atoms with Crippen molar-refractivity contribution in [3.05, 3.63) is 0 Å². The summed E-state index contributed by atoms with van der Waals surface area (Å²) in [5.41, 5.74) is 0. The van der Waals surface area contributed by atoms with Gasteiger partial charge in [0.15, 0.2) is 0 Å². The summed E-state index contributed by atoms with van der Waals surface area (Å²) < 4.78 is 0. The topological polar surface area (TPSA) is 26.7 Å². The molecule has 4 unspecified atom stereocenters. The van der Waals surface area contributed by atoms with Crippen LogP contribution in [0.2, 0.25) is 0 Å². The maximum Gasteiger partial charge on any atom is 0.0580 e. The Morgan fingerprint density at radius 1 is 1.25 bits per heavy atom. The van der Waals surface area contributed by atoms with Crippen LogP contribution in [-0.2, 0) is 0 Å². The van der Waals surface area contributed by atoms with E-state index in [2.05, 4.69) is 37.7 Å². The minimum atomic E-state index is -0.0752. The highest BCUT2D eigenvalue weighted by Crippen LogP contribution is 2.34. The molecule has 0 spiro atoms. The minimum Gasteiger partial charge on any atom is -0.393 e. The molecule has 0 aromatic heterocycles. The average Bonchev–Trinajstić information content (AvgIpc) is 2.41. The molecule has 4 atom stereocenters. The Morgan fingerprint density at radius 3 is 2.65 bits per heavy atom. The molecule has 1 saturated heterocycles. The number of likely N-dealkylation sites (tertiary alicyclic amines) is 1. The first-order valence-corrected chi connectivity index (χ1v) is 8.54. The van der Waals surface area contributed by atoms with Gasteiger partial charge < -0.3 is 14.9 Å². The van der Waals surface area contributed by atoms with Crippen LogP contribution in [0.25, 0.3) is 0 Å². The predicted molar refractivity (Wildman–Crippen MR) is 84.8 cm³/mol. The largest absolute Gasteiger partial charge is 0.393 e. The van der Waals surface area contributed by atoms with E-state index < -0.39 is 0 Å². The van der Waals surface area contributed by atoms with Gasteiger partial charge in [-0.15, -0.1) is 0 Å². The Bertz CT molecular complexity index is 295. The van der Waals surface area contributed by atoms with Crippen LogP contribution >= 0.6 is 0 Å². The number of hydrogen-bond acceptors (Lipinski definition) is 3. The van der Waals surface area contributed by atoms with Crippen molar-refractivity contribution in [2.75, 3.05) is 33.7 Å². The zero-order chi connectivity index (χ0) is 14.7. The minimum absolute atomic E-state index is 0.0752. The van der Waals surface area contributed by atoms with Gasteiger partial charge in [0.2, 0.25) is 0 Å². The first kappa shape index (κ1) is 16.3. The van der Waals surface area contributed by atoms with Gasteiger partial charge in [-0.05, 0) is 70.5 Å². The van der Waals surface area contributed by atoms with E-state index in [0.29, 0.717) is 12.0 Å². The van der Waals surface area contributed by atoms with Gasteiger partial charge in [0.1, 0.15) is 0 Å². The van der Waals surface area contributed by atoms with Crippen molar-refractivity contribution in [1.82, 2.24) is 9.80 Å². The number of aliphatic hydroxyl groups excluding tert-OH is 1. The number of likely N-dealkylation sites (N-methyl/N-ethyl adjacent to an activating group) is 2. The summed E-state index contributed by atoms with van der Waals surface area (Å²) in [6.45, 7) is 8.17. The van der Waals surface area contributed by atoms with Crippen molar-refractivity contribution >= 4 is 0 Å². The van der Waals surface area contributed by atoms with Crippen LogP contribution in [0, 0.1) is 17.8 Å². The third-order valence-electron chi connectivity index (χ3n) is 5.67. The number of hydrogen-bond donors (Lipinski definition) is 1. The second-order valence-corrected chi connectivity index (χ2v) is 7.64. The van der Waals surface area contributed by atoms with Crippen molar-refractivity contribution in [2.45, 2.75) is 58.1 Å². The van der Waals surface area contributed by atoms with E-state index in [1.807, 2.05) is 0 Å². The molecular formula is C17H34N2O. The lowest BCUT2D eigenvalue weighted by atomic mass is 9.74. The summed E-state index contributed by atoms with van der Waals surface area (Å²) in [6, 6.07) is 0.681. The van der Waals surface area contributed by atoms with E-state index in [9.17, 15) is 5.11 Å². The number of aliphatic hydroxyl groups is 1. The van der Waals surface area contributed by atoms with Crippen molar-refractivity contribution in [3.8, 4) is 0 Å². The normalized spacial score (nSPS) is 36.8. The summed E-state index contributed by atoms with van der Waals surface area (Å²) in [7, 11) is 4.49. The second kappa shape index (κ2) is 7.24. The highest BCUT2D eigenvalue weighted by Gasteiger charge is 2.32. The van der Waals surface area contributed by atoms with E-state index in [0.717, 1.165) is 24.8 Å². The zero-order valence-electron chi connectivity index (χ0n) is 13.9. The zero-order valence-corrected chi connectivity index (χ0v) is 13.9. The van der Waals surface area contributed by atoms with E-state index in [1.165, 1.54) is 38.8 Å². The smallest absolute Gasteiger partial charge is 0.0580 e. The molecular weight excluding hydrogens is 248 g/mol. The van der Waals surface area contributed by atoms with Crippen LogP contribution < -0.4 is 0 Å². The first-order valence-electron chi connectivity index (χ1n) is 8.54. The van der Waals surface area contributed by atoms with Crippen molar-refractivity contribution in [1.29, 1.82) is 0 Å². The third kappa shape index (κ3) is 4.19. The molecule has 1 heterocycles. The lowest BCUT2D eigenvalue weighted by Crippen LogP contribution is -2.48. The molecule has 1 N–H and O–H groups in total. The molecule has 118 valence electrons. The Labute approximate surface area is 125 Å². The van der Waals surface area contributed by atoms with Gasteiger partial charge in [-0.3, -0.25) is 0 Å². The fraction of sp³-hybridized carbons (Fsp3) is 1.00. The Balaban J connectivity index is 1.86. The standard InChI is InChI=1S/C17H34N2O/c1-13(2)14-7-8-17(20)15(10-14)11-19(4)16-6-5-9-18(3)12-16/h13-17,20H,5-12H2,1-4H3. The third-order valence-corrected chi connectivity index (χ3v) is 5.67. The molecule has 3 heteroatoms. The summed E-state index contributed by atoms with van der Waals surface area (Å²) in [6.07, 6.45) is 5.99. The second-order valence-electron chi connectivity index (χ2n) is 7.64. The fourth-order valence-corrected chi connectivity index (χ4v) is 4.10. The summed E-state index contributed by atoms with van der Waals surface area (Å²) in [5.74, 6) is 2.05. The van der Waals surface area contributed by atoms with E-state index >= 15 is 0 Å². The van der Waals surface area contributed by atoms with E-state index in [4.69, 9.17) is 0 Å². The number of piperidine rings is 1. The van der Waals surface area contributed by atoms with Gasteiger partial charge in [0, 0.05) is 19.1 Å². The number of rotatable bonds is 4. The predicted octanol–water partition coefficient (Wildman–Crippen LogP) is 2.45. The quantitative estimate of drug-likeness (QED) is 0.858. The molecule has 2 rings (SSSR count). The van der Waals surface area contributed by atoms with Crippen molar-refractivity contribution < 1.29 is 5.11 Å². The monoisotopic (exact) mass is 282 g/mol. The Morgan fingerprint density at radius 2 is 2.00 bits per heavy atom. The summed E-state index contributed by atoms with van der Waals surface area (Å²) >= 11 is 0. The van der Waals surface area contributed by atoms with E-state index in [1.54, 1.807) is 0 Å². The molecule has 1 aliphatic carbocycles. The van der Waals surface area contributed by atoms with Crippen LogP contribution in [0.3, 0.4) is 0 Å². The lowest BCUT2D eigenvalue weighted by molar-refractivity contribution is 0.00982. The van der Waals surface area contributed by atoms with Crippen molar-refractivity contribution in [3.63, 3.8) is 0 Å². The molecule has 2 fully saturated rings. The van der Waals surface area contributed by atoms with Crippen LogP contribution in [0.1, 0.15) is 46.0 Å². The first-order chi connectivity index (χ1) is 9.47. The van der Waals surface area contributed by atoms with Gasteiger partial charge in [0.05, 0.1) is 6.10 Å². The molecule has 0 radical (unpaired) electrons. The summed E-state index contributed by atoms with van der Waals surface area (Å²) in [5, 5.41) is 10.3. The number of nitrogens with zero attached hydrogens (tertiary/aromatic N) is 2.